The van der Waals surface area contributed by atoms with E-state index in [0.717, 1.165) is 103 Å². The Balaban J connectivity index is 4.53. The number of carbonyl (C=O) groups excluding carboxylic acids is 3. The molecular formula is C57H90O6. The van der Waals surface area contributed by atoms with Crippen molar-refractivity contribution in [2.24, 2.45) is 0 Å². The van der Waals surface area contributed by atoms with E-state index in [1.54, 1.807) is 0 Å². The second kappa shape index (κ2) is 50.5. The van der Waals surface area contributed by atoms with Crippen LogP contribution in [0.15, 0.2) is 122 Å². The molecule has 1 atom stereocenters. The van der Waals surface area contributed by atoms with Crippen molar-refractivity contribution in [1.82, 2.24) is 0 Å². The Morgan fingerprint density at radius 1 is 0.349 bits per heavy atom. The monoisotopic (exact) mass is 871 g/mol. The van der Waals surface area contributed by atoms with Gasteiger partial charge in [-0.15, -0.1) is 0 Å². The van der Waals surface area contributed by atoms with Crippen molar-refractivity contribution in [3.8, 4) is 0 Å². The van der Waals surface area contributed by atoms with Gasteiger partial charge in [0, 0.05) is 19.3 Å². The molecule has 0 aliphatic heterocycles. The number of hydrogen-bond donors (Lipinski definition) is 0. The highest BCUT2D eigenvalue weighted by Gasteiger charge is 2.19. The summed E-state index contributed by atoms with van der Waals surface area (Å²) in [6.07, 6.45) is 68.9. The molecule has 6 heteroatoms. The van der Waals surface area contributed by atoms with E-state index in [0.29, 0.717) is 19.3 Å². The molecule has 0 saturated carbocycles. The number of unbranched alkanes of at least 4 members (excludes halogenated alkanes) is 16. The van der Waals surface area contributed by atoms with E-state index in [-0.39, 0.29) is 37.5 Å². The van der Waals surface area contributed by atoms with Gasteiger partial charge in [-0.25, -0.2) is 0 Å². The zero-order valence-electron chi connectivity index (χ0n) is 40.3. The molecule has 0 fully saturated rings. The fourth-order valence-corrected chi connectivity index (χ4v) is 6.37. The molecule has 0 aromatic rings. The Labute approximate surface area is 386 Å². The lowest BCUT2D eigenvalue weighted by molar-refractivity contribution is -0.167. The third-order valence-corrected chi connectivity index (χ3v) is 10.1. The minimum absolute atomic E-state index is 0.108. The van der Waals surface area contributed by atoms with Crippen molar-refractivity contribution in [2.45, 2.75) is 207 Å². The van der Waals surface area contributed by atoms with Crippen LogP contribution in [-0.2, 0) is 28.6 Å². The van der Waals surface area contributed by atoms with Gasteiger partial charge in [0.25, 0.3) is 0 Å². The van der Waals surface area contributed by atoms with Crippen LogP contribution in [0, 0.1) is 0 Å². The molecule has 0 N–H and O–H groups in total. The molecule has 63 heavy (non-hydrogen) atoms. The molecule has 1 unspecified atom stereocenters. The molecule has 0 amide bonds. The molecular weight excluding hydrogens is 781 g/mol. The number of ether oxygens (including phenoxy) is 3. The van der Waals surface area contributed by atoms with E-state index in [2.05, 4.69) is 93.7 Å². The quantitative estimate of drug-likeness (QED) is 0.0200. The summed E-state index contributed by atoms with van der Waals surface area (Å²) in [4.78, 5) is 37.9. The smallest absolute Gasteiger partial charge is 0.306 e. The lowest BCUT2D eigenvalue weighted by Crippen LogP contribution is -2.30. The van der Waals surface area contributed by atoms with Crippen molar-refractivity contribution in [2.75, 3.05) is 13.2 Å². The Kier molecular flexibility index (Phi) is 47.1. The van der Waals surface area contributed by atoms with Crippen molar-refractivity contribution in [3.63, 3.8) is 0 Å². The number of hydrogen-bond acceptors (Lipinski definition) is 6. The van der Waals surface area contributed by atoms with Crippen LogP contribution >= 0.6 is 0 Å². The third-order valence-electron chi connectivity index (χ3n) is 10.1. The average molecular weight is 871 g/mol. The van der Waals surface area contributed by atoms with Gasteiger partial charge in [-0.1, -0.05) is 219 Å². The highest BCUT2D eigenvalue weighted by atomic mass is 16.6. The first-order valence-corrected chi connectivity index (χ1v) is 25.1. The molecule has 0 aromatic carbocycles. The molecule has 0 rings (SSSR count). The van der Waals surface area contributed by atoms with Gasteiger partial charge in [-0.2, -0.15) is 0 Å². The number of esters is 3. The first-order chi connectivity index (χ1) is 31.0. The van der Waals surface area contributed by atoms with Gasteiger partial charge < -0.3 is 14.2 Å². The van der Waals surface area contributed by atoms with Crippen LogP contribution in [0.4, 0.5) is 0 Å². The Bertz CT molecular complexity index is 1370. The van der Waals surface area contributed by atoms with Gasteiger partial charge >= 0.3 is 17.9 Å². The highest BCUT2D eigenvalue weighted by Crippen LogP contribution is 2.13. The maximum atomic E-state index is 12.8. The second-order valence-electron chi connectivity index (χ2n) is 16.1. The van der Waals surface area contributed by atoms with Gasteiger partial charge in [0.1, 0.15) is 13.2 Å². The molecule has 0 bridgehead atoms. The second-order valence-corrected chi connectivity index (χ2v) is 16.1. The summed E-state index contributed by atoms with van der Waals surface area (Å²) < 4.78 is 16.7. The summed E-state index contributed by atoms with van der Waals surface area (Å²) >= 11 is 0. The molecule has 0 aliphatic rings. The molecule has 0 saturated heterocycles. The van der Waals surface area contributed by atoms with Gasteiger partial charge in [-0.05, 0) is 83.5 Å². The van der Waals surface area contributed by atoms with Crippen LogP contribution in [0.1, 0.15) is 201 Å². The van der Waals surface area contributed by atoms with E-state index in [9.17, 15) is 14.4 Å². The summed E-state index contributed by atoms with van der Waals surface area (Å²) in [7, 11) is 0. The predicted molar refractivity (Wildman–Crippen MR) is 269 cm³/mol. The minimum Gasteiger partial charge on any atom is -0.462 e. The Morgan fingerprint density at radius 3 is 1.16 bits per heavy atom. The Morgan fingerprint density at radius 2 is 0.698 bits per heavy atom. The minimum atomic E-state index is -0.815. The topological polar surface area (TPSA) is 78.9 Å². The Hall–Kier alpha value is -4.19. The highest BCUT2D eigenvalue weighted by molar-refractivity contribution is 5.71. The first-order valence-electron chi connectivity index (χ1n) is 25.1. The predicted octanol–water partition coefficient (Wildman–Crippen LogP) is 16.5. The van der Waals surface area contributed by atoms with E-state index >= 15 is 0 Å². The largest absolute Gasteiger partial charge is 0.462 e. The molecule has 0 radical (unpaired) electrons. The van der Waals surface area contributed by atoms with Gasteiger partial charge in [0.05, 0.1) is 0 Å². The third kappa shape index (κ3) is 48.7. The lowest BCUT2D eigenvalue weighted by Gasteiger charge is -2.18. The summed E-state index contributed by atoms with van der Waals surface area (Å²) in [6, 6.07) is 0. The van der Waals surface area contributed by atoms with Crippen molar-refractivity contribution >= 4 is 17.9 Å². The van der Waals surface area contributed by atoms with E-state index < -0.39 is 6.10 Å². The van der Waals surface area contributed by atoms with Crippen molar-refractivity contribution in [3.05, 3.63) is 122 Å². The summed E-state index contributed by atoms with van der Waals surface area (Å²) in [5.41, 5.74) is 0. The number of carbonyl (C=O) groups is 3. The molecule has 0 aromatic heterocycles. The van der Waals surface area contributed by atoms with Crippen LogP contribution in [0.3, 0.4) is 0 Å². The molecule has 354 valence electrons. The average Bonchev–Trinajstić information content (AvgIpc) is 3.28. The molecule has 0 spiro atoms. The van der Waals surface area contributed by atoms with Crippen molar-refractivity contribution < 1.29 is 28.6 Å². The molecule has 0 heterocycles. The van der Waals surface area contributed by atoms with Crippen LogP contribution in [0.5, 0.6) is 0 Å². The number of allylic oxidation sites excluding steroid dienone is 20. The summed E-state index contributed by atoms with van der Waals surface area (Å²) in [6.45, 7) is 6.29. The van der Waals surface area contributed by atoms with E-state index in [1.807, 2.05) is 48.6 Å². The first kappa shape index (κ1) is 58.8. The lowest BCUT2D eigenvalue weighted by atomic mass is 10.1. The summed E-state index contributed by atoms with van der Waals surface area (Å²) in [5.74, 6) is -0.993. The van der Waals surface area contributed by atoms with Gasteiger partial charge in [-0.3, -0.25) is 14.4 Å². The molecule has 6 nitrogen and oxygen atoms in total. The van der Waals surface area contributed by atoms with E-state index in [1.165, 1.54) is 51.4 Å². The fourth-order valence-electron chi connectivity index (χ4n) is 6.37. The van der Waals surface area contributed by atoms with E-state index in [4.69, 9.17) is 14.2 Å². The van der Waals surface area contributed by atoms with Crippen LogP contribution in [-0.4, -0.2) is 37.2 Å². The standard InChI is InChI=1S/C57H90O6/c1-4-7-10-13-16-19-22-24-26-27-28-29-31-32-35-38-41-44-47-50-56(59)62-53-54(52-61-55(58)49-46-43-40-37-34-21-18-15-12-9-6-3)63-57(60)51-48-45-42-39-36-33-30-25-23-20-17-14-11-8-5-2/h7-8,10-11,14,16-17,19-20,23-26,28-30,32-33,35-36,54H,4-6,9,12-13,15,18,21-22,27,31,34,37-53H2,1-3H3/b10-7-,11-8-,17-14-,19-16-,23-20-,26-24-,29-28-,30-25-,35-32-,36-33-. The summed E-state index contributed by atoms with van der Waals surface area (Å²) in [5, 5.41) is 0. The van der Waals surface area contributed by atoms with Crippen LogP contribution < -0.4 is 0 Å². The maximum absolute atomic E-state index is 12.8. The molecule has 0 aliphatic carbocycles. The maximum Gasteiger partial charge on any atom is 0.306 e. The van der Waals surface area contributed by atoms with Crippen LogP contribution in [0.25, 0.3) is 0 Å². The number of rotatable bonds is 43. The van der Waals surface area contributed by atoms with Gasteiger partial charge in [0.2, 0.25) is 0 Å². The van der Waals surface area contributed by atoms with Crippen LogP contribution in [0.2, 0.25) is 0 Å². The zero-order valence-corrected chi connectivity index (χ0v) is 40.3. The van der Waals surface area contributed by atoms with Crippen molar-refractivity contribution in [1.29, 1.82) is 0 Å². The normalized spacial score (nSPS) is 13.1. The van der Waals surface area contributed by atoms with Gasteiger partial charge in [0.15, 0.2) is 6.10 Å². The zero-order chi connectivity index (χ0) is 45.8. The SMILES string of the molecule is CC\C=C/C=C\C=C/C=C\C=C/CCCCCC(=O)OC(COC(=O)CCCCC/C=C\C/C=C\C/C=C\C/C=C\C/C=C\CC)COC(=O)CCCCCCCCCCCCC. The fraction of sp³-hybridized carbons (Fsp3) is 0.596.